The zero-order valence-corrected chi connectivity index (χ0v) is 14.0. The average Bonchev–Trinajstić information content (AvgIpc) is 2.42. The van der Waals surface area contributed by atoms with Crippen LogP contribution in [0.4, 0.5) is 5.69 Å². The number of aryl methyl sites for hydroxylation is 1. The Morgan fingerprint density at radius 1 is 1.05 bits per heavy atom. The van der Waals surface area contributed by atoms with Crippen LogP contribution in [-0.4, -0.2) is 5.78 Å². The average molecular weight is 395 g/mol. The summed E-state index contributed by atoms with van der Waals surface area (Å²) in [6.45, 7) is 2.01. The van der Waals surface area contributed by atoms with Gasteiger partial charge in [-0.05, 0) is 55.0 Å². The normalized spacial score (nSPS) is 10.8. The van der Waals surface area contributed by atoms with Crippen molar-refractivity contribution in [1.82, 2.24) is 0 Å². The molecule has 2 aromatic rings. The van der Waals surface area contributed by atoms with E-state index in [1.807, 2.05) is 37.3 Å². The van der Waals surface area contributed by atoms with Crippen molar-refractivity contribution in [1.29, 1.82) is 0 Å². The number of rotatable bonds is 4. The molecular weight excluding hydrogens is 382 g/mol. The van der Waals surface area contributed by atoms with Gasteiger partial charge in [0.05, 0.1) is 0 Å². The van der Waals surface area contributed by atoms with Crippen molar-refractivity contribution in [2.24, 2.45) is 0 Å². The van der Waals surface area contributed by atoms with Crippen LogP contribution in [0.3, 0.4) is 0 Å². The fraction of sp³-hybridized carbons (Fsp3) is 0.0625. The Morgan fingerprint density at radius 2 is 1.70 bits per heavy atom. The molecule has 0 atom stereocenters. The number of hydrogen-bond donors (Lipinski definition) is 1. The zero-order chi connectivity index (χ0) is 14.5. The Balaban J connectivity index is 2.02. The van der Waals surface area contributed by atoms with Crippen LogP contribution in [0, 0.1) is 6.92 Å². The molecule has 20 heavy (non-hydrogen) atoms. The van der Waals surface area contributed by atoms with Gasteiger partial charge in [0, 0.05) is 32.5 Å². The SMILES string of the molecule is Cc1cc(Br)ccc1N/C=C/C(=O)c1ccc(Br)cc1. The minimum atomic E-state index is -0.0280. The van der Waals surface area contributed by atoms with Crippen molar-refractivity contribution in [3.8, 4) is 0 Å². The largest absolute Gasteiger partial charge is 0.361 e. The van der Waals surface area contributed by atoms with Gasteiger partial charge in [0.15, 0.2) is 5.78 Å². The van der Waals surface area contributed by atoms with Gasteiger partial charge in [-0.3, -0.25) is 4.79 Å². The molecule has 0 aliphatic heterocycles. The van der Waals surface area contributed by atoms with Crippen LogP contribution < -0.4 is 5.32 Å². The van der Waals surface area contributed by atoms with Crippen LogP contribution in [0.5, 0.6) is 0 Å². The number of carbonyl (C=O) groups excluding carboxylic acids is 1. The van der Waals surface area contributed by atoms with Gasteiger partial charge >= 0.3 is 0 Å². The van der Waals surface area contributed by atoms with Gasteiger partial charge in [0.25, 0.3) is 0 Å². The van der Waals surface area contributed by atoms with Gasteiger partial charge in [0.2, 0.25) is 0 Å². The summed E-state index contributed by atoms with van der Waals surface area (Å²) in [6, 6.07) is 13.2. The maximum atomic E-state index is 11.9. The van der Waals surface area contributed by atoms with Crippen molar-refractivity contribution in [2.75, 3.05) is 5.32 Å². The molecule has 0 aliphatic carbocycles. The Hall–Kier alpha value is -1.39. The second kappa shape index (κ2) is 6.86. The van der Waals surface area contributed by atoms with Crippen LogP contribution in [0.15, 0.2) is 63.7 Å². The van der Waals surface area contributed by atoms with Crippen LogP contribution >= 0.6 is 31.9 Å². The maximum Gasteiger partial charge on any atom is 0.187 e. The molecule has 0 bridgehead atoms. The van der Waals surface area contributed by atoms with Crippen molar-refractivity contribution in [3.05, 3.63) is 74.8 Å². The van der Waals surface area contributed by atoms with E-state index in [0.717, 1.165) is 20.2 Å². The topological polar surface area (TPSA) is 29.1 Å². The van der Waals surface area contributed by atoms with Crippen molar-refractivity contribution in [2.45, 2.75) is 6.92 Å². The second-order valence-electron chi connectivity index (χ2n) is 4.31. The highest BCUT2D eigenvalue weighted by Gasteiger charge is 2.01. The highest BCUT2D eigenvalue weighted by molar-refractivity contribution is 9.10. The molecule has 0 unspecified atom stereocenters. The van der Waals surface area contributed by atoms with Crippen LogP contribution in [0.2, 0.25) is 0 Å². The molecule has 4 heteroatoms. The first-order valence-electron chi connectivity index (χ1n) is 6.05. The molecule has 0 aliphatic rings. The monoisotopic (exact) mass is 393 g/mol. The Kier molecular flexibility index (Phi) is 5.15. The first-order chi connectivity index (χ1) is 9.56. The predicted molar refractivity (Wildman–Crippen MR) is 90.1 cm³/mol. The lowest BCUT2D eigenvalue weighted by molar-refractivity contribution is 0.104. The van der Waals surface area contributed by atoms with Gasteiger partial charge in [-0.25, -0.2) is 0 Å². The van der Waals surface area contributed by atoms with E-state index < -0.39 is 0 Å². The minimum Gasteiger partial charge on any atom is -0.361 e. The van der Waals surface area contributed by atoms with E-state index in [9.17, 15) is 4.79 Å². The molecule has 2 aromatic carbocycles. The number of anilines is 1. The molecule has 0 saturated carbocycles. The summed E-state index contributed by atoms with van der Waals surface area (Å²) >= 11 is 6.77. The molecule has 0 amide bonds. The maximum absolute atomic E-state index is 11.9. The van der Waals surface area contributed by atoms with Gasteiger partial charge in [-0.1, -0.05) is 31.9 Å². The third-order valence-electron chi connectivity index (χ3n) is 2.79. The molecule has 1 N–H and O–H groups in total. The number of hydrogen-bond acceptors (Lipinski definition) is 2. The smallest absolute Gasteiger partial charge is 0.187 e. The first kappa shape index (κ1) is 15.0. The van der Waals surface area contributed by atoms with Gasteiger partial charge < -0.3 is 5.32 Å². The summed E-state index contributed by atoms with van der Waals surface area (Å²) in [5.41, 5.74) is 2.76. The Bertz CT molecular complexity index is 648. The fourth-order valence-corrected chi connectivity index (χ4v) is 2.45. The van der Waals surface area contributed by atoms with Crippen molar-refractivity contribution in [3.63, 3.8) is 0 Å². The predicted octanol–water partition coefficient (Wildman–Crippen LogP) is 5.33. The van der Waals surface area contributed by atoms with Crippen LogP contribution in [-0.2, 0) is 0 Å². The number of halogens is 2. The summed E-state index contributed by atoms with van der Waals surface area (Å²) in [5.74, 6) is -0.0280. The van der Waals surface area contributed by atoms with Crippen LogP contribution in [0.25, 0.3) is 0 Å². The minimum absolute atomic E-state index is 0.0280. The Labute approximate surface area is 135 Å². The van der Waals surface area contributed by atoms with Crippen molar-refractivity contribution < 1.29 is 4.79 Å². The summed E-state index contributed by atoms with van der Waals surface area (Å²) < 4.78 is 2.00. The highest BCUT2D eigenvalue weighted by Crippen LogP contribution is 2.20. The van der Waals surface area contributed by atoms with E-state index in [2.05, 4.69) is 37.2 Å². The highest BCUT2D eigenvalue weighted by atomic mass is 79.9. The summed E-state index contributed by atoms with van der Waals surface area (Å²) in [5, 5.41) is 3.12. The van der Waals surface area contributed by atoms with Gasteiger partial charge in [-0.2, -0.15) is 0 Å². The second-order valence-corrected chi connectivity index (χ2v) is 6.14. The van der Waals surface area contributed by atoms with Crippen LogP contribution in [0.1, 0.15) is 15.9 Å². The van der Waals surface area contributed by atoms with E-state index in [0.29, 0.717) is 5.56 Å². The third-order valence-corrected chi connectivity index (χ3v) is 3.81. The summed E-state index contributed by atoms with van der Waals surface area (Å²) in [6.07, 6.45) is 3.20. The molecule has 0 spiro atoms. The number of nitrogens with one attached hydrogen (secondary N) is 1. The number of ketones is 1. The van der Waals surface area contributed by atoms with E-state index in [4.69, 9.17) is 0 Å². The van der Waals surface area contributed by atoms with E-state index in [1.165, 1.54) is 6.08 Å². The number of carbonyl (C=O) groups is 1. The molecule has 0 saturated heterocycles. The molecule has 102 valence electrons. The number of allylic oxidation sites excluding steroid dienone is 1. The van der Waals surface area contributed by atoms with Crippen molar-refractivity contribution >= 4 is 43.3 Å². The van der Waals surface area contributed by atoms with E-state index >= 15 is 0 Å². The zero-order valence-electron chi connectivity index (χ0n) is 10.9. The quantitative estimate of drug-likeness (QED) is 0.560. The lowest BCUT2D eigenvalue weighted by Gasteiger charge is -2.05. The lowest BCUT2D eigenvalue weighted by atomic mass is 10.1. The van der Waals surface area contributed by atoms with E-state index in [-0.39, 0.29) is 5.78 Å². The molecule has 0 heterocycles. The van der Waals surface area contributed by atoms with Gasteiger partial charge in [0.1, 0.15) is 0 Å². The summed E-state index contributed by atoms with van der Waals surface area (Å²) in [7, 11) is 0. The molecular formula is C16H13Br2NO. The molecule has 0 aromatic heterocycles. The molecule has 0 radical (unpaired) electrons. The summed E-state index contributed by atoms with van der Waals surface area (Å²) in [4.78, 5) is 11.9. The van der Waals surface area contributed by atoms with Gasteiger partial charge in [-0.15, -0.1) is 0 Å². The standard InChI is InChI=1S/C16H13Br2NO/c1-11-10-14(18)6-7-15(11)19-9-8-16(20)12-2-4-13(17)5-3-12/h2-10,19H,1H3/b9-8+. The third kappa shape index (κ3) is 4.05. The lowest BCUT2D eigenvalue weighted by Crippen LogP contribution is -1.96. The fourth-order valence-electron chi connectivity index (χ4n) is 1.71. The molecule has 2 rings (SSSR count). The number of benzene rings is 2. The molecule has 2 nitrogen and oxygen atoms in total. The van der Waals surface area contributed by atoms with E-state index in [1.54, 1.807) is 18.3 Å². The first-order valence-corrected chi connectivity index (χ1v) is 7.64. The molecule has 0 fully saturated rings. The Morgan fingerprint density at radius 3 is 2.35 bits per heavy atom.